The number of esters is 2. The fourth-order valence-electron chi connectivity index (χ4n) is 2.80. The van der Waals surface area contributed by atoms with Crippen molar-refractivity contribution in [3.05, 3.63) is 108 Å². The van der Waals surface area contributed by atoms with Crippen molar-refractivity contribution in [2.45, 2.75) is 25.7 Å². The van der Waals surface area contributed by atoms with Crippen LogP contribution in [0.1, 0.15) is 48.7 Å². The normalized spacial score (nSPS) is 9.00. The Balaban J connectivity index is -0.000000275. The molecule has 236 valence electrons. The number of ether oxygens (including phenoxy) is 2. The summed E-state index contributed by atoms with van der Waals surface area (Å²) < 4.78 is 52.1. The molecule has 2 aromatic heterocycles. The number of halogens is 4. The van der Waals surface area contributed by atoms with Crippen LogP contribution in [0.5, 0.6) is 0 Å². The van der Waals surface area contributed by atoms with E-state index in [1.807, 2.05) is 12.1 Å². The molecule has 2 aromatic carbocycles. The second-order valence-corrected chi connectivity index (χ2v) is 7.98. The van der Waals surface area contributed by atoms with Crippen LogP contribution in [0.25, 0.3) is 0 Å². The Hall–Kier alpha value is -0.396. The topological polar surface area (TPSA) is 148 Å². The molecule has 0 radical (unpaired) electrons. The van der Waals surface area contributed by atoms with Crippen molar-refractivity contribution in [1.29, 1.82) is 0 Å². The standard InChI is InChI=1S/C13H13FN2O2.C7H6BrF.C6H8N2O2.CH3F.CH2O3.2Cs.H/c1-2-18-13(17)12-8-16(9-15-12)7-10-4-3-5-11(14)6-10;8-5-6-2-1-3-7(9)4-6;1-2-10-6(9)5-3-7-4-8-5;1-2;2-1-4-3;;;/h3-6,8-9H,2,7H2,1H3;1-4H,5H2;3-4H,2H2,1H3,(H,7,8);1H3;1,3H;;;/q;;;;;2*+1;-1/p-1/i;;;1D;;;;. The van der Waals surface area contributed by atoms with E-state index >= 15 is 0 Å². The van der Waals surface area contributed by atoms with E-state index in [0.29, 0.717) is 30.8 Å². The number of carbonyl (C=O) groups excluding carboxylic acids is 3. The van der Waals surface area contributed by atoms with Crippen molar-refractivity contribution in [3.8, 4) is 0 Å². The predicted octanol–water partition coefficient (Wildman–Crippen LogP) is -1.30. The molecule has 11 nitrogen and oxygen atoms in total. The zero-order valence-electron chi connectivity index (χ0n) is 27.3. The summed E-state index contributed by atoms with van der Waals surface area (Å²) in [5.74, 6) is -1.26. The molecule has 45 heavy (non-hydrogen) atoms. The minimum atomic E-state index is -1.00. The van der Waals surface area contributed by atoms with Crippen LogP contribution in [0.3, 0.4) is 0 Å². The third kappa shape index (κ3) is 23.6. The first-order chi connectivity index (χ1) is 21.2. The zero-order valence-corrected chi connectivity index (χ0v) is 39.4. The number of imidazole rings is 2. The summed E-state index contributed by atoms with van der Waals surface area (Å²) in [7, 11) is -1.00. The fraction of sp³-hybridized carbons (Fsp3) is 0.250. The molecule has 4 rings (SSSR count). The number of rotatable bonds is 8. The van der Waals surface area contributed by atoms with Gasteiger partial charge in [-0.05, 0) is 49.2 Å². The maximum Gasteiger partial charge on any atom is 1.00 e. The number of nitrogens with one attached hydrogen (secondary N) is 1. The van der Waals surface area contributed by atoms with Gasteiger partial charge in [0.1, 0.15) is 17.3 Å². The van der Waals surface area contributed by atoms with Gasteiger partial charge < -0.3 is 30.6 Å². The SMILES string of the molecule is CCOC(=O)c1cn(Cc2cccc(F)c2)cn1.CCOC(=O)c1cnc[nH]1.Fc1cccc(CBr)c1.O=CO[O-].[2H]CF.[Cs+].[Cs+].[H-]. The molecular weight excluding hydrogens is 907 g/mol. The van der Waals surface area contributed by atoms with Gasteiger partial charge in [0.15, 0.2) is 5.69 Å². The molecule has 2 heterocycles. The average molecular weight is 940 g/mol. The van der Waals surface area contributed by atoms with E-state index in [1.54, 1.807) is 36.7 Å². The van der Waals surface area contributed by atoms with Crippen molar-refractivity contribution >= 4 is 34.3 Å². The van der Waals surface area contributed by atoms with Crippen LogP contribution < -0.4 is 143 Å². The van der Waals surface area contributed by atoms with Crippen LogP contribution >= 0.6 is 15.9 Å². The molecule has 0 saturated carbocycles. The number of hydrogen-bond donors (Lipinski definition) is 1. The van der Waals surface area contributed by atoms with E-state index in [4.69, 9.17) is 16.2 Å². The molecule has 0 bridgehead atoms. The third-order valence-electron chi connectivity index (χ3n) is 4.45. The first-order valence-corrected chi connectivity index (χ1v) is 13.3. The summed E-state index contributed by atoms with van der Waals surface area (Å²) >= 11 is 3.22. The minimum absolute atomic E-state index is 0. The zero-order chi connectivity index (χ0) is 33.2. The Morgan fingerprint density at radius 1 is 1.07 bits per heavy atom. The maximum absolute atomic E-state index is 13.0. The minimum Gasteiger partial charge on any atom is -1.00 e. The number of H-pyrrole nitrogens is 1. The van der Waals surface area contributed by atoms with Gasteiger partial charge in [0, 0.05) is 18.1 Å². The largest absolute Gasteiger partial charge is 1.00 e. The van der Waals surface area contributed by atoms with Gasteiger partial charge in [-0.1, -0.05) is 40.2 Å². The second-order valence-electron chi connectivity index (χ2n) is 7.42. The summed E-state index contributed by atoms with van der Waals surface area (Å²) in [6.45, 7) is 4.48. The number of aromatic amines is 1. The molecule has 0 spiro atoms. The van der Waals surface area contributed by atoms with Gasteiger partial charge in [-0.2, -0.15) is 0 Å². The number of alkyl halides is 2. The van der Waals surface area contributed by atoms with Crippen LogP contribution in [0, 0.1) is 11.6 Å². The summed E-state index contributed by atoms with van der Waals surface area (Å²) in [5, 5.41) is 9.14. The molecule has 0 unspecified atom stereocenters. The molecule has 17 heteroatoms. The monoisotopic (exact) mass is 939 g/mol. The molecule has 1 N–H and O–H groups in total. The molecule has 4 aromatic rings. The Kier molecular flexibility index (Phi) is 33.4. The Morgan fingerprint density at radius 3 is 2.04 bits per heavy atom. The van der Waals surface area contributed by atoms with E-state index in [-0.39, 0.29) is 169 Å². The van der Waals surface area contributed by atoms with Crippen LogP contribution in [0.4, 0.5) is 13.2 Å². The van der Waals surface area contributed by atoms with Gasteiger partial charge in [0.2, 0.25) is 0 Å². The predicted molar refractivity (Wildman–Crippen MR) is 153 cm³/mol. The third-order valence-corrected chi connectivity index (χ3v) is 5.10. The number of benzene rings is 2. The summed E-state index contributed by atoms with van der Waals surface area (Å²) in [5.41, 5.74) is 2.42. The number of carbonyl (C=O) groups is 3. The molecule has 0 amide bonds. The smallest absolute Gasteiger partial charge is 1.00 e. The van der Waals surface area contributed by atoms with Crippen molar-refractivity contribution in [2.24, 2.45) is 0 Å². The van der Waals surface area contributed by atoms with Crippen molar-refractivity contribution < 1.29 is 188 Å². The summed E-state index contributed by atoms with van der Waals surface area (Å²) in [6, 6.07) is 12.8. The van der Waals surface area contributed by atoms with Crippen LogP contribution in [0.15, 0.2) is 73.6 Å². The van der Waals surface area contributed by atoms with Gasteiger partial charge in [-0.15, -0.1) is 0 Å². The second kappa shape index (κ2) is 32.2. The van der Waals surface area contributed by atoms with Crippen LogP contribution in [-0.4, -0.2) is 58.3 Å². The number of aromatic nitrogens is 4. The van der Waals surface area contributed by atoms with Gasteiger partial charge in [0.05, 0.1) is 40.6 Å². The van der Waals surface area contributed by atoms with Crippen molar-refractivity contribution in [2.75, 3.05) is 20.4 Å². The number of hydrogen-bond acceptors (Lipinski definition) is 9. The first kappa shape index (κ1) is 46.7. The van der Waals surface area contributed by atoms with Gasteiger partial charge in [-0.25, -0.2) is 28.3 Å². The molecule has 0 aliphatic carbocycles. The van der Waals surface area contributed by atoms with Crippen molar-refractivity contribution in [3.63, 3.8) is 0 Å². The molecule has 0 fully saturated rings. The molecule has 0 saturated heterocycles. The maximum atomic E-state index is 13.0. The summed E-state index contributed by atoms with van der Waals surface area (Å²) in [4.78, 5) is 43.7. The average Bonchev–Trinajstić information content (AvgIpc) is 3.72. The quantitative estimate of drug-likeness (QED) is 0.0749. The van der Waals surface area contributed by atoms with E-state index in [0.717, 1.165) is 11.1 Å². The molecule has 0 aliphatic heterocycles. The van der Waals surface area contributed by atoms with E-state index in [2.05, 4.69) is 40.5 Å². The van der Waals surface area contributed by atoms with Crippen molar-refractivity contribution in [1.82, 2.24) is 19.5 Å². The first-order valence-electron chi connectivity index (χ1n) is 12.9. The molecule has 0 atom stereocenters. The summed E-state index contributed by atoms with van der Waals surface area (Å²) in [6.07, 6.45) is 5.98. The molecular formula is C28H32BrCs2F3N4O7. The van der Waals surface area contributed by atoms with Crippen LogP contribution in [-0.2, 0) is 31.0 Å². The Morgan fingerprint density at radius 2 is 1.60 bits per heavy atom. The van der Waals surface area contributed by atoms with E-state index < -0.39 is 13.1 Å². The van der Waals surface area contributed by atoms with Crippen LogP contribution in [0.2, 0.25) is 0 Å². The van der Waals surface area contributed by atoms with Gasteiger partial charge in [-0.3, -0.25) is 9.18 Å². The van der Waals surface area contributed by atoms with Gasteiger partial charge >= 0.3 is 150 Å². The fourth-order valence-corrected chi connectivity index (χ4v) is 3.15. The van der Waals surface area contributed by atoms with E-state index in [1.165, 1.54) is 43.1 Å². The Labute approximate surface area is 388 Å². The molecule has 0 aliphatic rings. The Bertz CT molecular complexity index is 1370. The van der Waals surface area contributed by atoms with E-state index in [9.17, 15) is 22.8 Å². The number of nitrogens with zero attached hydrogens (tertiary/aromatic N) is 3. The van der Waals surface area contributed by atoms with Gasteiger partial charge in [0.25, 0.3) is 6.47 Å².